The topological polar surface area (TPSA) is 89.5 Å². The molecule has 0 radical (unpaired) electrons. The third-order valence-electron chi connectivity index (χ3n) is 2.71. The van der Waals surface area contributed by atoms with E-state index in [9.17, 15) is 9.36 Å². The molecule has 1 saturated heterocycles. The highest BCUT2D eigenvalue weighted by Gasteiger charge is 2.27. The van der Waals surface area contributed by atoms with E-state index in [0.717, 1.165) is 5.56 Å². The van der Waals surface area contributed by atoms with E-state index >= 15 is 0 Å². The molecule has 1 aliphatic heterocycles. The first-order chi connectivity index (χ1) is 10.6. The molecule has 122 valence electrons. The lowest BCUT2D eigenvalue weighted by atomic mass is 10.2. The van der Waals surface area contributed by atoms with Crippen molar-refractivity contribution in [3.05, 3.63) is 35.9 Å². The number of benzene rings is 1. The van der Waals surface area contributed by atoms with Gasteiger partial charge in [-0.3, -0.25) is 9.05 Å². The summed E-state index contributed by atoms with van der Waals surface area (Å²) in [6, 6.07) is 9.09. The molecule has 1 aromatic carbocycles. The number of carbonyl (C=O) groups is 1. The maximum absolute atomic E-state index is 12.1. The van der Waals surface area contributed by atoms with E-state index in [1.165, 1.54) is 7.11 Å². The summed E-state index contributed by atoms with van der Waals surface area (Å²) in [5.74, 6) is 0. The van der Waals surface area contributed by atoms with Gasteiger partial charge in [0.25, 0.3) is 0 Å². The minimum Gasteiger partial charge on any atom is -0.426 e. The fourth-order valence-electron chi connectivity index (χ4n) is 1.46. The average Bonchev–Trinajstić information content (AvgIpc) is 2.50. The lowest BCUT2D eigenvalue weighted by Crippen LogP contribution is -2.38. The summed E-state index contributed by atoms with van der Waals surface area (Å²) < 4.78 is 41.1. The van der Waals surface area contributed by atoms with Gasteiger partial charge in [0, 0.05) is 7.11 Å². The Labute approximate surface area is 127 Å². The number of phosphoric acid groups is 1. The van der Waals surface area contributed by atoms with Crippen LogP contribution in [0.15, 0.2) is 30.3 Å². The van der Waals surface area contributed by atoms with Crippen LogP contribution in [0.25, 0.3) is 0 Å². The normalized spacial score (nSPS) is 17.3. The maximum Gasteiger partial charge on any atom is 0.510 e. The van der Waals surface area contributed by atoms with Crippen molar-refractivity contribution in [2.45, 2.75) is 12.7 Å². The highest BCUT2D eigenvalue weighted by Crippen LogP contribution is 2.49. The Morgan fingerprint density at radius 1 is 1.27 bits per heavy atom. The van der Waals surface area contributed by atoms with Crippen LogP contribution >= 0.6 is 7.82 Å². The van der Waals surface area contributed by atoms with Crippen LogP contribution in [0.2, 0.25) is 0 Å². The van der Waals surface area contributed by atoms with Crippen LogP contribution in [0.3, 0.4) is 0 Å². The van der Waals surface area contributed by atoms with Crippen LogP contribution in [0.4, 0.5) is 4.79 Å². The SMILES string of the molecule is COP(=O)(OCOC(=O)OC1COC1)OCc1ccccc1. The molecule has 2 rings (SSSR count). The number of rotatable bonds is 8. The zero-order valence-electron chi connectivity index (χ0n) is 12.0. The fourth-order valence-corrected chi connectivity index (χ4v) is 2.24. The average molecular weight is 332 g/mol. The number of carbonyl (C=O) groups excluding carboxylic acids is 1. The van der Waals surface area contributed by atoms with E-state index in [4.69, 9.17) is 23.0 Å². The predicted molar refractivity (Wildman–Crippen MR) is 74.0 cm³/mol. The van der Waals surface area contributed by atoms with E-state index in [2.05, 4.69) is 4.74 Å². The molecule has 9 heteroatoms. The van der Waals surface area contributed by atoms with Crippen LogP contribution in [-0.2, 0) is 39.0 Å². The molecule has 0 aromatic heterocycles. The second-order valence-corrected chi connectivity index (χ2v) is 6.08. The quantitative estimate of drug-likeness (QED) is 0.407. The van der Waals surface area contributed by atoms with E-state index in [-0.39, 0.29) is 12.7 Å². The number of hydrogen-bond donors (Lipinski definition) is 0. The molecule has 1 aromatic rings. The van der Waals surface area contributed by atoms with Crippen molar-refractivity contribution < 1.29 is 37.1 Å². The molecule has 0 bridgehead atoms. The van der Waals surface area contributed by atoms with Gasteiger partial charge in [0.05, 0.1) is 19.8 Å². The van der Waals surface area contributed by atoms with Gasteiger partial charge in [-0.1, -0.05) is 30.3 Å². The van der Waals surface area contributed by atoms with Crippen molar-refractivity contribution in [1.29, 1.82) is 0 Å². The van der Waals surface area contributed by atoms with E-state index in [1.807, 2.05) is 18.2 Å². The molecular weight excluding hydrogens is 315 g/mol. The van der Waals surface area contributed by atoms with Gasteiger partial charge >= 0.3 is 14.0 Å². The lowest BCUT2D eigenvalue weighted by Gasteiger charge is -2.25. The van der Waals surface area contributed by atoms with Crippen molar-refractivity contribution in [3.63, 3.8) is 0 Å². The minimum atomic E-state index is -3.81. The summed E-state index contributed by atoms with van der Waals surface area (Å²) in [5.41, 5.74) is 0.800. The Bertz CT molecular complexity index is 516. The summed E-state index contributed by atoms with van der Waals surface area (Å²) in [4.78, 5) is 11.2. The summed E-state index contributed by atoms with van der Waals surface area (Å²) in [6.07, 6.45) is -1.24. The predicted octanol–water partition coefficient (Wildman–Crippen LogP) is 2.48. The van der Waals surface area contributed by atoms with Crippen molar-refractivity contribution in [1.82, 2.24) is 0 Å². The maximum atomic E-state index is 12.1. The van der Waals surface area contributed by atoms with Crippen LogP contribution in [0.1, 0.15) is 5.56 Å². The third-order valence-corrected chi connectivity index (χ3v) is 4.03. The van der Waals surface area contributed by atoms with Crippen LogP contribution in [-0.4, -0.2) is 39.4 Å². The number of phosphoric ester groups is 1. The molecule has 1 unspecified atom stereocenters. The van der Waals surface area contributed by atoms with Crippen LogP contribution in [0.5, 0.6) is 0 Å². The van der Waals surface area contributed by atoms with Crippen LogP contribution in [0, 0.1) is 0 Å². The molecule has 0 amide bonds. The van der Waals surface area contributed by atoms with Crippen molar-refractivity contribution in [2.24, 2.45) is 0 Å². The van der Waals surface area contributed by atoms with Crippen molar-refractivity contribution in [2.75, 3.05) is 27.1 Å². The van der Waals surface area contributed by atoms with E-state index in [1.54, 1.807) is 12.1 Å². The zero-order chi connectivity index (χ0) is 15.8. The number of hydrogen-bond acceptors (Lipinski definition) is 8. The Morgan fingerprint density at radius 3 is 2.59 bits per heavy atom. The summed E-state index contributed by atoms with van der Waals surface area (Å²) >= 11 is 0. The highest BCUT2D eigenvalue weighted by atomic mass is 31.2. The number of ether oxygens (including phenoxy) is 3. The van der Waals surface area contributed by atoms with Gasteiger partial charge in [-0.25, -0.2) is 13.9 Å². The third kappa shape index (κ3) is 5.40. The molecular formula is C13H17O8P. The molecule has 0 N–H and O–H groups in total. The molecule has 1 heterocycles. The van der Waals surface area contributed by atoms with Gasteiger partial charge in [-0.05, 0) is 5.56 Å². The Hall–Kier alpha value is -1.44. The summed E-state index contributed by atoms with van der Waals surface area (Å²) in [7, 11) is -2.63. The van der Waals surface area contributed by atoms with Gasteiger partial charge in [0.2, 0.25) is 6.79 Å². The van der Waals surface area contributed by atoms with Gasteiger partial charge in [-0.2, -0.15) is 0 Å². The van der Waals surface area contributed by atoms with Gasteiger partial charge in [0.1, 0.15) is 0 Å². The van der Waals surface area contributed by atoms with Gasteiger partial charge < -0.3 is 14.2 Å². The second-order valence-electron chi connectivity index (χ2n) is 4.31. The molecule has 22 heavy (non-hydrogen) atoms. The smallest absolute Gasteiger partial charge is 0.426 e. The molecule has 0 spiro atoms. The van der Waals surface area contributed by atoms with Gasteiger partial charge in [-0.15, -0.1) is 0 Å². The van der Waals surface area contributed by atoms with Gasteiger partial charge in [0.15, 0.2) is 6.10 Å². The second kappa shape index (κ2) is 8.26. The molecule has 1 aliphatic rings. The van der Waals surface area contributed by atoms with E-state index < -0.39 is 20.8 Å². The van der Waals surface area contributed by atoms with Crippen LogP contribution < -0.4 is 0 Å². The standard InChI is InChI=1S/C13H17O8P/c1-16-22(15,19-7-11-5-3-2-4-6-11)20-10-18-13(14)21-12-8-17-9-12/h2-6,12H,7-10H2,1H3. The first-order valence-electron chi connectivity index (χ1n) is 6.51. The van der Waals surface area contributed by atoms with E-state index in [0.29, 0.717) is 13.2 Å². The Kier molecular flexibility index (Phi) is 6.35. The first kappa shape index (κ1) is 16.9. The minimum absolute atomic E-state index is 0.0375. The largest absolute Gasteiger partial charge is 0.510 e. The Balaban J connectivity index is 1.70. The zero-order valence-corrected chi connectivity index (χ0v) is 12.9. The monoisotopic (exact) mass is 332 g/mol. The van der Waals surface area contributed by atoms with Crippen molar-refractivity contribution in [3.8, 4) is 0 Å². The molecule has 1 atom stereocenters. The molecule has 1 fully saturated rings. The molecule has 8 nitrogen and oxygen atoms in total. The van der Waals surface area contributed by atoms with Crippen molar-refractivity contribution >= 4 is 14.0 Å². The summed E-state index contributed by atoms with van der Waals surface area (Å²) in [5, 5.41) is 0. The molecule has 0 aliphatic carbocycles. The first-order valence-corrected chi connectivity index (χ1v) is 7.97. The summed E-state index contributed by atoms with van der Waals surface area (Å²) in [6.45, 7) is 0.113. The Morgan fingerprint density at radius 2 is 2.00 bits per heavy atom. The highest BCUT2D eigenvalue weighted by molar-refractivity contribution is 7.48. The molecule has 0 saturated carbocycles. The fraction of sp³-hybridized carbons (Fsp3) is 0.462. The lowest BCUT2D eigenvalue weighted by molar-refractivity contribution is -0.120.